The summed E-state index contributed by atoms with van der Waals surface area (Å²) in [7, 11) is 2.21. The highest BCUT2D eigenvalue weighted by Gasteiger charge is 2.18. The molecule has 0 spiro atoms. The summed E-state index contributed by atoms with van der Waals surface area (Å²) in [6.45, 7) is 1.94. The van der Waals surface area contributed by atoms with Crippen molar-refractivity contribution < 1.29 is 0 Å². The lowest BCUT2D eigenvalue weighted by atomic mass is 10.2. The van der Waals surface area contributed by atoms with Crippen LogP contribution in [0.2, 0.25) is 5.02 Å². The first-order chi connectivity index (χ1) is 8.66. The van der Waals surface area contributed by atoms with Gasteiger partial charge in [0.15, 0.2) is 0 Å². The fourth-order valence-corrected chi connectivity index (χ4v) is 2.75. The summed E-state index contributed by atoms with van der Waals surface area (Å²) >= 11 is 5.96. The SMILES string of the molecule is CN(CCNc1cc(Cl)ccc1N)C1CCCC1. The van der Waals surface area contributed by atoms with Gasteiger partial charge in [0.2, 0.25) is 0 Å². The van der Waals surface area contributed by atoms with Crippen molar-refractivity contribution in [1.29, 1.82) is 0 Å². The van der Waals surface area contributed by atoms with Crippen LogP contribution in [0.25, 0.3) is 0 Å². The molecule has 0 unspecified atom stereocenters. The molecule has 100 valence electrons. The van der Waals surface area contributed by atoms with Crippen LogP contribution in [0.4, 0.5) is 11.4 Å². The summed E-state index contributed by atoms with van der Waals surface area (Å²) in [5.74, 6) is 0. The molecule has 0 amide bonds. The number of nitrogen functional groups attached to an aromatic ring is 1. The Bertz CT molecular complexity index is 389. The molecular formula is C14H22ClN3. The van der Waals surface area contributed by atoms with E-state index in [1.165, 1.54) is 25.7 Å². The maximum atomic E-state index is 5.96. The standard InChI is InChI=1S/C14H22ClN3/c1-18(12-4-2-3-5-12)9-8-17-14-10-11(15)6-7-13(14)16/h6-7,10,12,17H,2-5,8-9,16H2,1H3. The van der Waals surface area contributed by atoms with Crippen molar-refractivity contribution in [3.8, 4) is 0 Å². The monoisotopic (exact) mass is 267 g/mol. The zero-order valence-corrected chi connectivity index (χ0v) is 11.7. The van der Waals surface area contributed by atoms with Gasteiger partial charge < -0.3 is 16.0 Å². The Morgan fingerprint density at radius 3 is 2.83 bits per heavy atom. The fourth-order valence-electron chi connectivity index (χ4n) is 2.58. The number of benzene rings is 1. The molecule has 1 aromatic rings. The maximum Gasteiger partial charge on any atom is 0.0589 e. The van der Waals surface area contributed by atoms with Gasteiger partial charge in [-0.15, -0.1) is 0 Å². The summed E-state index contributed by atoms with van der Waals surface area (Å²) in [6.07, 6.45) is 5.44. The predicted octanol–water partition coefficient (Wildman–Crippen LogP) is 3.21. The smallest absolute Gasteiger partial charge is 0.0589 e. The molecule has 0 aromatic heterocycles. The topological polar surface area (TPSA) is 41.3 Å². The van der Waals surface area contributed by atoms with Crippen molar-refractivity contribution in [2.24, 2.45) is 0 Å². The lowest BCUT2D eigenvalue weighted by Gasteiger charge is -2.24. The number of hydrogen-bond donors (Lipinski definition) is 2. The van der Waals surface area contributed by atoms with E-state index in [1.54, 1.807) is 0 Å². The summed E-state index contributed by atoms with van der Waals surface area (Å²) in [5.41, 5.74) is 7.58. The van der Waals surface area contributed by atoms with E-state index < -0.39 is 0 Å². The molecular weight excluding hydrogens is 246 g/mol. The van der Waals surface area contributed by atoms with Crippen molar-refractivity contribution in [2.45, 2.75) is 31.7 Å². The van der Waals surface area contributed by atoms with E-state index >= 15 is 0 Å². The zero-order chi connectivity index (χ0) is 13.0. The number of nitrogens with one attached hydrogen (secondary N) is 1. The zero-order valence-electron chi connectivity index (χ0n) is 11.0. The van der Waals surface area contributed by atoms with E-state index in [0.717, 1.165) is 35.5 Å². The number of hydrogen-bond acceptors (Lipinski definition) is 3. The molecule has 0 saturated heterocycles. The third-order valence-electron chi connectivity index (χ3n) is 3.74. The Morgan fingerprint density at radius 1 is 1.39 bits per heavy atom. The quantitative estimate of drug-likeness (QED) is 0.805. The molecule has 0 aliphatic heterocycles. The summed E-state index contributed by atoms with van der Waals surface area (Å²) in [6, 6.07) is 6.30. The second kappa shape index (κ2) is 6.30. The minimum Gasteiger partial charge on any atom is -0.397 e. The van der Waals surface area contributed by atoms with Gasteiger partial charge in [-0.3, -0.25) is 0 Å². The first-order valence-corrected chi connectivity index (χ1v) is 7.04. The van der Waals surface area contributed by atoms with Gasteiger partial charge in [0.25, 0.3) is 0 Å². The van der Waals surface area contributed by atoms with Gasteiger partial charge in [0.05, 0.1) is 11.4 Å². The lowest BCUT2D eigenvalue weighted by Crippen LogP contribution is -2.33. The number of nitrogens with two attached hydrogens (primary N) is 1. The molecule has 0 heterocycles. The highest BCUT2D eigenvalue weighted by atomic mass is 35.5. The Morgan fingerprint density at radius 2 is 2.11 bits per heavy atom. The van der Waals surface area contributed by atoms with Crippen molar-refractivity contribution in [2.75, 3.05) is 31.2 Å². The van der Waals surface area contributed by atoms with Crippen molar-refractivity contribution in [3.05, 3.63) is 23.2 Å². The van der Waals surface area contributed by atoms with Crippen LogP contribution in [0.3, 0.4) is 0 Å². The van der Waals surface area contributed by atoms with Gasteiger partial charge in [0, 0.05) is 24.2 Å². The van der Waals surface area contributed by atoms with E-state index in [-0.39, 0.29) is 0 Å². The number of rotatable bonds is 5. The molecule has 1 fully saturated rings. The number of likely N-dealkylation sites (N-methyl/N-ethyl adjacent to an activating group) is 1. The molecule has 2 rings (SSSR count). The molecule has 0 bridgehead atoms. The van der Waals surface area contributed by atoms with Crippen LogP contribution in [0.15, 0.2) is 18.2 Å². The van der Waals surface area contributed by atoms with Gasteiger partial charge in [0.1, 0.15) is 0 Å². The van der Waals surface area contributed by atoms with Crippen LogP contribution in [-0.4, -0.2) is 31.1 Å². The molecule has 4 heteroatoms. The average molecular weight is 268 g/mol. The van der Waals surface area contributed by atoms with Crippen molar-refractivity contribution in [3.63, 3.8) is 0 Å². The molecule has 0 radical (unpaired) electrons. The summed E-state index contributed by atoms with van der Waals surface area (Å²) in [4.78, 5) is 2.45. The fraction of sp³-hybridized carbons (Fsp3) is 0.571. The van der Waals surface area contributed by atoms with Gasteiger partial charge in [-0.1, -0.05) is 24.4 Å². The normalized spacial score (nSPS) is 16.4. The summed E-state index contributed by atoms with van der Waals surface area (Å²) < 4.78 is 0. The molecule has 1 aliphatic rings. The number of nitrogens with zero attached hydrogens (tertiary/aromatic N) is 1. The number of halogens is 1. The first-order valence-electron chi connectivity index (χ1n) is 6.66. The van der Waals surface area contributed by atoms with E-state index in [1.807, 2.05) is 18.2 Å². The van der Waals surface area contributed by atoms with Crippen LogP contribution < -0.4 is 11.1 Å². The minimum absolute atomic E-state index is 0.718. The third-order valence-corrected chi connectivity index (χ3v) is 3.98. The van der Waals surface area contributed by atoms with E-state index in [4.69, 9.17) is 17.3 Å². The van der Waals surface area contributed by atoms with Gasteiger partial charge in [-0.05, 0) is 38.1 Å². The maximum absolute atomic E-state index is 5.96. The third kappa shape index (κ3) is 3.53. The van der Waals surface area contributed by atoms with Gasteiger partial charge in [-0.25, -0.2) is 0 Å². The number of anilines is 2. The van der Waals surface area contributed by atoms with Crippen molar-refractivity contribution >= 4 is 23.0 Å². The Labute approximate surface area is 114 Å². The first kappa shape index (κ1) is 13.5. The average Bonchev–Trinajstić information content (AvgIpc) is 2.87. The molecule has 1 aromatic carbocycles. The van der Waals surface area contributed by atoms with Crippen LogP contribution in [0.5, 0.6) is 0 Å². The second-order valence-corrected chi connectivity index (χ2v) is 5.51. The van der Waals surface area contributed by atoms with Gasteiger partial charge >= 0.3 is 0 Å². The largest absolute Gasteiger partial charge is 0.397 e. The minimum atomic E-state index is 0.718. The Hall–Kier alpha value is -0.930. The predicted molar refractivity (Wildman–Crippen MR) is 79.2 cm³/mol. The molecule has 1 saturated carbocycles. The highest BCUT2D eigenvalue weighted by molar-refractivity contribution is 6.31. The molecule has 18 heavy (non-hydrogen) atoms. The molecule has 0 atom stereocenters. The Kier molecular flexibility index (Phi) is 4.72. The van der Waals surface area contributed by atoms with Gasteiger partial charge in [-0.2, -0.15) is 0 Å². The molecule has 3 N–H and O–H groups in total. The van der Waals surface area contributed by atoms with E-state index in [0.29, 0.717) is 0 Å². The molecule has 1 aliphatic carbocycles. The van der Waals surface area contributed by atoms with Crippen LogP contribution in [0, 0.1) is 0 Å². The van der Waals surface area contributed by atoms with Crippen LogP contribution >= 0.6 is 11.6 Å². The highest BCUT2D eigenvalue weighted by Crippen LogP contribution is 2.24. The van der Waals surface area contributed by atoms with E-state index in [2.05, 4.69) is 17.3 Å². The second-order valence-electron chi connectivity index (χ2n) is 5.08. The van der Waals surface area contributed by atoms with Crippen LogP contribution in [0.1, 0.15) is 25.7 Å². The molecule has 3 nitrogen and oxygen atoms in total. The van der Waals surface area contributed by atoms with Crippen molar-refractivity contribution in [1.82, 2.24) is 4.90 Å². The Balaban J connectivity index is 1.79. The van der Waals surface area contributed by atoms with E-state index in [9.17, 15) is 0 Å². The summed E-state index contributed by atoms with van der Waals surface area (Å²) in [5, 5.41) is 4.08. The lowest BCUT2D eigenvalue weighted by molar-refractivity contribution is 0.254. The van der Waals surface area contributed by atoms with Crippen LogP contribution in [-0.2, 0) is 0 Å².